The van der Waals surface area contributed by atoms with Crippen LogP contribution < -0.4 is 4.74 Å². The van der Waals surface area contributed by atoms with Crippen molar-refractivity contribution in [2.75, 3.05) is 6.61 Å². The third-order valence-corrected chi connectivity index (χ3v) is 5.97. The van der Waals surface area contributed by atoms with Crippen molar-refractivity contribution in [3.63, 3.8) is 0 Å². The van der Waals surface area contributed by atoms with Gasteiger partial charge in [0.25, 0.3) is 0 Å². The van der Waals surface area contributed by atoms with E-state index in [2.05, 4.69) is 5.10 Å². The Morgan fingerprint density at radius 3 is 2.41 bits per heavy atom. The van der Waals surface area contributed by atoms with Crippen molar-refractivity contribution >= 4 is 52.4 Å². The van der Waals surface area contributed by atoms with Gasteiger partial charge < -0.3 is 9.84 Å². The minimum Gasteiger partial charge on any atom is -0.494 e. The summed E-state index contributed by atoms with van der Waals surface area (Å²) in [6.07, 6.45) is 1.51. The lowest BCUT2D eigenvalue weighted by Crippen LogP contribution is -2.01. The molecule has 0 aliphatic heterocycles. The molecule has 0 unspecified atom stereocenters. The van der Waals surface area contributed by atoms with E-state index >= 15 is 0 Å². The molecule has 0 radical (unpaired) electrons. The molecule has 0 amide bonds. The topological polar surface area (TPSA) is 64.4 Å². The molecule has 5 nitrogen and oxygen atoms in total. The van der Waals surface area contributed by atoms with Crippen molar-refractivity contribution in [2.45, 2.75) is 6.92 Å². The molecule has 34 heavy (non-hydrogen) atoms. The molecule has 0 aliphatic rings. The highest BCUT2D eigenvalue weighted by Crippen LogP contribution is 2.32. The highest BCUT2D eigenvalue weighted by atomic mass is 35.5. The lowest BCUT2D eigenvalue weighted by Gasteiger charge is -2.10. The number of carboxylic acids is 1. The minimum atomic E-state index is -1.09. The van der Waals surface area contributed by atoms with Crippen LogP contribution in [0.5, 0.6) is 5.75 Å². The summed E-state index contributed by atoms with van der Waals surface area (Å²) in [6.45, 7) is 2.48. The first-order valence-electron chi connectivity index (χ1n) is 10.4. The van der Waals surface area contributed by atoms with Gasteiger partial charge in [0, 0.05) is 10.6 Å². The fourth-order valence-corrected chi connectivity index (χ4v) is 3.94. The molecule has 0 bridgehead atoms. The fourth-order valence-electron chi connectivity index (χ4n) is 3.45. The number of carboxylic acid groups (broad SMARTS) is 1. The van der Waals surface area contributed by atoms with Gasteiger partial charge >= 0.3 is 5.97 Å². The van der Waals surface area contributed by atoms with E-state index in [9.17, 15) is 9.90 Å². The van der Waals surface area contributed by atoms with Crippen LogP contribution in [-0.2, 0) is 4.79 Å². The monoisotopic (exact) mass is 512 g/mol. The molecule has 0 atom stereocenters. The van der Waals surface area contributed by atoms with E-state index in [4.69, 9.17) is 39.5 Å². The van der Waals surface area contributed by atoms with Crippen LogP contribution in [0.4, 0.5) is 0 Å². The molecule has 3 aromatic carbocycles. The largest absolute Gasteiger partial charge is 0.494 e. The highest BCUT2D eigenvalue weighted by Gasteiger charge is 2.16. The molecule has 1 N–H and O–H groups in total. The van der Waals surface area contributed by atoms with Crippen LogP contribution in [0.1, 0.15) is 18.2 Å². The van der Waals surface area contributed by atoms with Crippen LogP contribution in [0.15, 0.2) is 72.8 Å². The molecule has 172 valence electrons. The number of benzene rings is 3. The van der Waals surface area contributed by atoms with Crippen LogP contribution in [0.3, 0.4) is 0 Å². The zero-order valence-electron chi connectivity index (χ0n) is 18.0. The summed E-state index contributed by atoms with van der Waals surface area (Å²) in [4.78, 5) is 12.0. The molecule has 0 fully saturated rings. The SMILES string of the molecule is CCOc1ccc(-n2nc(C=C(C(=O)O)c3cccc(Cl)c3)cc2-c2ccc(Cl)c(Cl)c2)cc1. The molecule has 1 heterocycles. The average Bonchev–Trinajstić information content (AvgIpc) is 3.24. The molecular weight excluding hydrogens is 495 g/mol. The number of aromatic nitrogens is 2. The Hall–Kier alpha value is -3.25. The summed E-state index contributed by atoms with van der Waals surface area (Å²) >= 11 is 18.4. The highest BCUT2D eigenvalue weighted by molar-refractivity contribution is 6.42. The van der Waals surface area contributed by atoms with Gasteiger partial charge in [-0.25, -0.2) is 9.48 Å². The third kappa shape index (κ3) is 5.28. The molecule has 1 aromatic heterocycles. The van der Waals surface area contributed by atoms with Crippen LogP contribution in [0, 0.1) is 0 Å². The molecule has 0 saturated heterocycles. The van der Waals surface area contributed by atoms with Gasteiger partial charge in [0.05, 0.1) is 39.3 Å². The number of hydrogen-bond donors (Lipinski definition) is 1. The Labute approximate surface area is 211 Å². The summed E-state index contributed by atoms with van der Waals surface area (Å²) in [5, 5.41) is 15.8. The summed E-state index contributed by atoms with van der Waals surface area (Å²) in [5.74, 6) is -0.349. The molecule has 4 aromatic rings. The Kier molecular flexibility index (Phi) is 7.27. The number of carbonyl (C=O) groups is 1. The lowest BCUT2D eigenvalue weighted by molar-refractivity contribution is -0.130. The van der Waals surface area contributed by atoms with E-state index in [1.165, 1.54) is 6.08 Å². The number of ether oxygens (including phenoxy) is 1. The molecule has 0 spiro atoms. The summed E-state index contributed by atoms with van der Waals surface area (Å²) < 4.78 is 7.26. The third-order valence-electron chi connectivity index (χ3n) is 4.99. The van der Waals surface area contributed by atoms with E-state index in [0.717, 1.165) is 17.0 Å². The van der Waals surface area contributed by atoms with E-state index < -0.39 is 5.97 Å². The van der Waals surface area contributed by atoms with E-state index in [1.54, 1.807) is 47.1 Å². The average molecular weight is 514 g/mol. The second-order valence-electron chi connectivity index (χ2n) is 7.30. The van der Waals surface area contributed by atoms with Gasteiger partial charge in [0.1, 0.15) is 5.75 Å². The Morgan fingerprint density at radius 2 is 1.76 bits per heavy atom. The van der Waals surface area contributed by atoms with Gasteiger partial charge in [-0.3, -0.25) is 0 Å². The van der Waals surface area contributed by atoms with Crippen LogP contribution in [0.25, 0.3) is 28.6 Å². The maximum atomic E-state index is 12.0. The second-order valence-corrected chi connectivity index (χ2v) is 8.55. The first-order chi connectivity index (χ1) is 16.4. The number of hydrogen-bond acceptors (Lipinski definition) is 3. The number of halogens is 3. The number of aliphatic carboxylic acids is 1. The van der Waals surface area contributed by atoms with Gasteiger partial charge in [0.2, 0.25) is 0 Å². The Morgan fingerprint density at radius 1 is 1.00 bits per heavy atom. The predicted molar refractivity (Wildman–Crippen MR) is 137 cm³/mol. The fraction of sp³-hybridized carbons (Fsp3) is 0.0769. The normalized spacial score (nSPS) is 11.5. The van der Waals surface area contributed by atoms with Crippen LogP contribution in [0.2, 0.25) is 15.1 Å². The first kappa shape index (κ1) is 23.9. The van der Waals surface area contributed by atoms with Gasteiger partial charge in [0.15, 0.2) is 0 Å². The molecule has 8 heteroatoms. The van der Waals surface area contributed by atoms with E-state index in [-0.39, 0.29) is 5.57 Å². The molecule has 0 saturated carbocycles. The van der Waals surface area contributed by atoms with E-state index in [1.807, 2.05) is 37.3 Å². The van der Waals surface area contributed by atoms with Gasteiger partial charge in [-0.1, -0.05) is 53.0 Å². The van der Waals surface area contributed by atoms with Crippen molar-refractivity contribution in [1.82, 2.24) is 9.78 Å². The molecule has 4 rings (SSSR count). The quantitative estimate of drug-likeness (QED) is 0.260. The maximum absolute atomic E-state index is 12.0. The molecule has 0 aliphatic carbocycles. The standard InChI is InChI=1S/C26H19Cl3N2O3/c1-2-34-21-9-7-20(8-10-21)31-25(17-6-11-23(28)24(29)13-17)15-19(30-31)14-22(26(32)33)16-4-3-5-18(27)12-16/h3-15H,2H2,1H3,(H,32,33). The lowest BCUT2D eigenvalue weighted by atomic mass is 10.0. The van der Waals surface area contributed by atoms with Gasteiger partial charge in [-0.15, -0.1) is 0 Å². The van der Waals surface area contributed by atoms with Crippen LogP contribution >= 0.6 is 34.8 Å². The van der Waals surface area contributed by atoms with Crippen molar-refractivity contribution in [2.24, 2.45) is 0 Å². The molecular formula is C26H19Cl3N2O3. The van der Waals surface area contributed by atoms with Crippen molar-refractivity contribution in [3.8, 4) is 22.7 Å². The van der Waals surface area contributed by atoms with Gasteiger partial charge in [-0.2, -0.15) is 5.10 Å². The van der Waals surface area contributed by atoms with Crippen molar-refractivity contribution in [1.29, 1.82) is 0 Å². The summed E-state index contributed by atoms with van der Waals surface area (Å²) in [7, 11) is 0. The van der Waals surface area contributed by atoms with Crippen molar-refractivity contribution < 1.29 is 14.6 Å². The summed E-state index contributed by atoms with van der Waals surface area (Å²) in [5.41, 5.74) is 3.25. The van der Waals surface area contributed by atoms with Crippen LogP contribution in [-0.4, -0.2) is 27.5 Å². The minimum absolute atomic E-state index is 0.0690. The Balaban J connectivity index is 1.86. The summed E-state index contributed by atoms with van der Waals surface area (Å²) in [6, 6.07) is 21.2. The van der Waals surface area contributed by atoms with E-state index in [0.29, 0.717) is 38.6 Å². The predicted octanol–water partition coefficient (Wildman–Crippen LogP) is 7.52. The zero-order chi connectivity index (χ0) is 24.2. The zero-order valence-corrected chi connectivity index (χ0v) is 20.3. The second kappa shape index (κ2) is 10.3. The van der Waals surface area contributed by atoms with Gasteiger partial charge in [-0.05, 0) is 73.2 Å². The number of rotatable bonds is 7. The number of nitrogens with zero attached hydrogens (tertiary/aromatic N) is 2. The maximum Gasteiger partial charge on any atom is 0.336 e. The van der Waals surface area contributed by atoms with Crippen molar-refractivity contribution in [3.05, 3.63) is 99.1 Å². The Bertz CT molecular complexity index is 1380. The first-order valence-corrected chi connectivity index (χ1v) is 11.5. The smallest absolute Gasteiger partial charge is 0.336 e.